The van der Waals surface area contributed by atoms with Crippen LogP contribution in [0.15, 0.2) is 40.9 Å². The van der Waals surface area contributed by atoms with Gasteiger partial charge in [-0.25, -0.2) is 0 Å². The predicted molar refractivity (Wildman–Crippen MR) is 81.8 cm³/mol. The molecule has 0 saturated carbocycles. The first kappa shape index (κ1) is 11.7. The van der Waals surface area contributed by atoms with Crippen molar-refractivity contribution in [2.24, 2.45) is 0 Å². The summed E-state index contributed by atoms with van der Waals surface area (Å²) in [5, 5.41) is 0. The fraction of sp³-hybridized carbons (Fsp3) is 0.176. The molecule has 90 valence electrons. The molecule has 0 nitrogen and oxygen atoms in total. The monoisotopic (exact) mass is 298 g/mol. The second-order valence-electron chi connectivity index (χ2n) is 4.90. The van der Waals surface area contributed by atoms with Crippen LogP contribution < -0.4 is 0 Å². The molecule has 0 spiro atoms. The molecular weight excluding hydrogens is 284 g/mol. The van der Waals surface area contributed by atoms with E-state index in [1.54, 1.807) is 0 Å². The molecule has 2 aromatic carbocycles. The van der Waals surface area contributed by atoms with Gasteiger partial charge in [0.1, 0.15) is 0 Å². The number of hydrogen-bond acceptors (Lipinski definition) is 0. The van der Waals surface area contributed by atoms with Gasteiger partial charge >= 0.3 is 0 Å². The molecular formula is C17H15Br. The zero-order valence-corrected chi connectivity index (χ0v) is 12.2. The van der Waals surface area contributed by atoms with E-state index in [4.69, 9.17) is 0 Å². The standard InChI is InChI=1S/C17H15Br/c1-11-6-8-13(9-7-11)17-12(2)16(18)10-14-4-3-5-15(14)17/h3-4,6-10H,5H2,1-2H3. The molecule has 0 fully saturated rings. The van der Waals surface area contributed by atoms with Crippen molar-refractivity contribution in [3.63, 3.8) is 0 Å². The van der Waals surface area contributed by atoms with E-state index in [1.807, 2.05) is 0 Å². The van der Waals surface area contributed by atoms with Gasteiger partial charge in [-0.15, -0.1) is 0 Å². The number of halogens is 1. The molecule has 2 aromatic rings. The minimum atomic E-state index is 1.05. The van der Waals surface area contributed by atoms with E-state index in [9.17, 15) is 0 Å². The smallest absolute Gasteiger partial charge is 0.0216 e. The third-order valence-corrected chi connectivity index (χ3v) is 4.45. The maximum Gasteiger partial charge on any atom is 0.0216 e. The molecule has 0 atom stereocenters. The Balaban J connectivity index is 2.26. The average molecular weight is 299 g/mol. The normalized spacial score (nSPS) is 12.8. The summed E-state index contributed by atoms with van der Waals surface area (Å²) in [4.78, 5) is 0. The van der Waals surface area contributed by atoms with Crippen molar-refractivity contribution in [3.05, 3.63) is 63.1 Å². The zero-order chi connectivity index (χ0) is 12.7. The Labute approximate surface area is 116 Å². The lowest BCUT2D eigenvalue weighted by molar-refractivity contribution is 1.27. The fourth-order valence-electron chi connectivity index (χ4n) is 2.61. The van der Waals surface area contributed by atoms with Crippen LogP contribution in [0.2, 0.25) is 0 Å². The Bertz CT molecular complexity index is 634. The summed E-state index contributed by atoms with van der Waals surface area (Å²) in [5.41, 5.74) is 8.16. The van der Waals surface area contributed by atoms with Gasteiger partial charge in [0.2, 0.25) is 0 Å². The summed E-state index contributed by atoms with van der Waals surface area (Å²) in [6.45, 7) is 4.32. The Morgan fingerprint density at radius 1 is 1.06 bits per heavy atom. The molecule has 0 N–H and O–H groups in total. The largest absolute Gasteiger partial charge is 0.0795 e. The number of benzene rings is 2. The molecule has 1 aliphatic rings. The van der Waals surface area contributed by atoms with Gasteiger partial charge in [0.15, 0.2) is 0 Å². The third kappa shape index (κ3) is 1.83. The van der Waals surface area contributed by atoms with Gasteiger partial charge in [-0.2, -0.15) is 0 Å². The highest BCUT2D eigenvalue weighted by molar-refractivity contribution is 9.10. The van der Waals surface area contributed by atoms with Gasteiger partial charge < -0.3 is 0 Å². The van der Waals surface area contributed by atoms with Crippen LogP contribution in [0.1, 0.15) is 22.3 Å². The van der Waals surface area contributed by atoms with Crippen LogP contribution in [-0.4, -0.2) is 0 Å². The Kier molecular flexibility index (Phi) is 2.87. The number of allylic oxidation sites excluding steroid dienone is 1. The summed E-state index contributed by atoms with van der Waals surface area (Å²) < 4.78 is 1.20. The Hall–Kier alpha value is -1.34. The number of rotatable bonds is 1. The van der Waals surface area contributed by atoms with Crippen LogP contribution in [0.25, 0.3) is 17.2 Å². The van der Waals surface area contributed by atoms with Gasteiger partial charge in [-0.3, -0.25) is 0 Å². The van der Waals surface area contributed by atoms with E-state index < -0.39 is 0 Å². The maximum atomic E-state index is 3.68. The molecule has 1 heteroatoms. The molecule has 0 bridgehead atoms. The molecule has 1 aliphatic carbocycles. The molecule has 3 rings (SSSR count). The van der Waals surface area contributed by atoms with Crippen molar-refractivity contribution in [2.45, 2.75) is 20.3 Å². The molecule has 0 heterocycles. The van der Waals surface area contributed by atoms with Crippen molar-refractivity contribution in [3.8, 4) is 11.1 Å². The van der Waals surface area contributed by atoms with E-state index in [1.165, 1.54) is 37.9 Å². The van der Waals surface area contributed by atoms with E-state index in [0.717, 1.165) is 6.42 Å². The molecule has 0 unspecified atom stereocenters. The van der Waals surface area contributed by atoms with Gasteiger partial charge in [-0.05, 0) is 54.2 Å². The van der Waals surface area contributed by atoms with E-state index >= 15 is 0 Å². The van der Waals surface area contributed by atoms with Gasteiger partial charge in [0.25, 0.3) is 0 Å². The van der Waals surface area contributed by atoms with Crippen molar-refractivity contribution in [1.82, 2.24) is 0 Å². The molecule has 0 saturated heterocycles. The summed E-state index contributed by atoms with van der Waals surface area (Å²) in [6, 6.07) is 11.0. The van der Waals surface area contributed by atoms with E-state index in [2.05, 4.69) is 72.3 Å². The third-order valence-electron chi connectivity index (χ3n) is 3.63. The molecule has 0 radical (unpaired) electrons. The van der Waals surface area contributed by atoms with Crippen LogP contribution in [0.5, 0.6) is 0 Å². The quantitative estimate of drug-likeness (QED) is 0.670. The lowest BCUT2D eigenvalue weighted by Crippen LogP contribution is -1.94. The van der Waals surface area contributed by atoms with Crippen molar-refractivity contribution < 1.29 is 0 Å². The van der Waals surface area contributed by atoms with Crippen LogP contribution >= 0.6 is 15.9 Å². The minimum Gasteiger partial charge on any atom is -0.0795 e. The van der Waals surface area contributed by atoms with E-state index in [0.29, 0.717) is 0 Å². The molecule has 0 aromatic heterocycles. The lowest BCUT2D eigenvalue weighted by atomic mass is 9.92. The summed E-state index contributed by atoms with van der Waals surface area (Å²) in [5.74, 6) is 0. The summed E-state index contributed by atoms with van der Waals surface area (Å²) >= 11 is 3.68. The van der Waals surface area contributed by atoms with Crippen molar-refractivity contribution in [1.29, 1.82) is 0 Å². The maximum absolute atomic E-state index is 3.68. The van der Waals surface area contributed by atoms with Crippen LogP contribution in [0.3, 0.4) is 0 Å². The average Bonchev–Trinajstić information content (AvgIpc) is 2.80. The summed E-state index contributed by atoms with van der Waals surface area (Å²) in [7, 11) is 0. The highest BCUT2D eigenvalue weighted by atomic mass is 79.9. The molecule has 0 aliphatic heterocycles. The van der Waals surface area contributed by atoms with Gasteiger partial charge in [0, 0.05) is 4.47 Å². The topological polar surface area (TPSA) is 0 Å². The minimum absolute atomic E-state index is 1.05. The SMILES string of the molecule is Cc1ccc(-c2c(C)c(Br)cc3c2CC=C3)cc1. The van der Waals surface area contributed by atoms with E-state index in [-0.39, 0.29) is 0 Å². The van der Waals surface area contributed by atoms with Crippen molar-refractivity contribution >= 4 is 22.0 Å². The van der Waals surface area contributed by atoms with Crippen molar-refractivity contribution in [2.75, 3.05) is 0 Å². The number of hydrogen-bond donors (Lipinski definition) is 0. The number of fused-ring (bicyclic) bond motifs is 1. The molecule has 0 amide bonds. The Morgan fingerprint density at radius 3 is 2.50 bits per heavy atom. The first-order chi connectivity index (χ1) is 8.66. The highest BCUT2D eigenvalue weighted by Crippen LogP contribution is 2.38. The zero-order valence-electron chi connectivity index (χ0n) is 10.6. The second kappa shape index (κ2) is 4.40. The van der Waals surface area contributed by atoms with Gasteiger partial charge in [-0.1, -0.05) is 57.9 Å². The predicted octanol–water partition coefficient (Wildman–Crippen LogP) is 5.30. The Morgan fingerprint density at radius 2 is 1.78 bits per heavy atom. The highest BCUT2D eigenvalue weighted by Gasteiger charge is 2.16. The fourth-order valence-corrected chi connectivity index (χ4v) is 3.05. The first-order valence-electron chi connectivity index (χ1n) is 6.22. The lowest BCUT2D eigenvalue weighted by Gasteiger charge is -2.14. The summed E-state index contributed by atoms with van der Waals surface area (Å²) in [6.07, 6.45) is 5.51. The first-order valence-corrected chi connectivity index (χ1v) is 7.01. The van der Waals surface area contributed by atoms with Crippen LogP contribution in [0.4, 0.5) is 0 Å². The molecule has 18 heavy (non-hydrogen) atoms. The second-order valence-corrected chi connectivity index (χ2v) is 5.75. The number of aryl methyl sites for hydroxylation is 1. The van der Waals surface area contributed by atoms with Gasteiger partial charge in [0.05, 0.1) is 0 Å². The van der Waals surface area contributed by atoms with Crippen LogP contribution in [-0.2, 0) is 6.42 Å². The van der Waals surface area contributed by atoms with Crippen LogP contribution in [0, 0.1) is 13.8 Å².